The molecule has 0 radical (unpaired) electrons. The van der Waals surface area contributed by atoms with Gasteiger partial charge >= 0.3 is 0 Å². The lowest BCUT2D eigenvalue weighted by Gasteiger charge is -2.21. The van der Waals surface area contributed by atoms with E-state index in [1.54, 1.807) is 6.33 Å². The Bertz CT molecular complexity index is 280. The summed E-state index contributed by atoms with van der Waals surface area (Å²) in [6, 6.07) is 0. The number of rotatable bonds is 3. The first kappa shape index (κ1) is 9.98. The molecule has 1 fully saturated rings. The molecule has 1 N–H and O–H groups in total. The number of nitrogens with one attached hydrogen (secondary N) is 1. The van der Waals surface area contributed by atoms with E-state index < -0.39 is 0 Å². The van der Waals surface area contributed by atoms with Crippen molar-refractivity contribution >= 4 is 11.8 Å². The second kappa shape index (κ2) is 4.79. The number of nitrogens with zero attached hydrogens (tertiary/aromatic N) is 3. The second-order valence-electron chi connectivity index (χ2n) is 3.75. The number of hydrogen-bond donors (Lipinski definition) is 1. The maximum Gasteiger partial charge on any atom is 0.190 e. The molecule has 2 heterocycles. The Labute approximate surface area is 88.5 Å². The van der Waals surface area contributed by atoms with Crippen molar-refractivity contribution in [2.75, 3.05) is 18.8 Å². The van der Waals surface area contributed by atoms with Crippen LogP contribution in [0.4, 0.5) is 0 Å². The second-order valence-corrected chi connectivity index (χ2v) is 4.73. The molecule has 1 atom stereocenters. The average Bonchev–Trinajstić information content (AvgIpc) is 2.63. The highest BCUT2D eigenvalue weighted by molar-refractivity contribution is 7.99. The summed E-state index contributed by atoms with van der Waals surface area (Å²) in [4.78, 5) is 0. The van der Waals surface area contributed by atoms with Crippen LogP contribution in [0.5, 0.6) is 0 Å². The molecule has 1 aliphatic rings. The summed E-state index contributed by atoms with van der Waals surface area (Å²) >= 11 is 1.81. The van der Waals surface area contributed by atoms with Gasteiger partial charge in [-0.3, -0.25) is 0 Å². The highest BCUT2D eigenvalue weighted by atomic mass is 32.2. The molecule has 14 heavy (non-hydrogen) atoms. The molecule has 1 aromatic rings. The van der Waals surface area contributed by atoms with Gasteiger partial charge in [-0.25, -0.2) is 0 Å². The maximum atomic E-state index is 4.06. The molecule has 5 heteroatoms. The van der Waals surface area contributed by atoms with Crippen LogP contribution in [-0.2, 0) is 7.05 Å². The first-order chi connectivity index (χ1) is 6.86. The van der Waals surface area contributed by atoms with Gasteiger partial charge in [-0.05, 0) is 31.8 Å². The van der Waals surface area contributed by atoms with Gasteiger partial charge in [0.2, 0.25) is 0 Å². The Morgan fingerprint density at radius 1 is 1.71 bits per heavy atom. The molecule has 0 saturated carbocycles. The van der Waals surface area contributed by atoms with E-state index in [4.69, 9.17) is 0 Å². The third-order valence-electron chi connectivity index (χ3n) is 2.52. The third-order valence-corrected chi connectivity index (χ3v) is 3.78. The predicted molar refractivity (Wildman–Crippen MR) is 57.3 cm³/mol. The molecule has 0 amide bonds. The van der Waals surface area contributed by atoms with Crippen LogP contribution in [0.15, 0.2) is 11.5 Å². The molecule has 0 unspecified atom stereocenters. The maximum absolute atomic E-state index is 4.06. The van der Waals surface area contributed by atoms with Gasteiger partial charge in [-0.1, -0.05) is 11.8 Å². The van der Waals surface area contributed by atoms with E-state index in [-0.39, 0.29) is 0 Å². The molecule has 0 bridgehead atoms. The van der Waals surface area contributed by atoms with Crippen LogP contribution in [0, 0.1) is 5.92 Å². The molecule has 1 aromatic heterocycles. The van der Waals surface area contributed by atoms with Gasteiger partial charge in [0.05, 0.1) is 0 Å². The minimum absolute atomic E-state index is 0.797. The predicted octanol–water partition coefficient (Wildman–Crippen LogP) is 0.907. The summed E-state index contributed by atoms with van der Waals surface area (Å²) < 4.78 is 1.97. The SMILES string of the molecule is Cn1cnnc1SC[C@@H]1CCCNC1. The highest BCUT2D eigenvalue weighted by Crippen LogP contribution is 2.21. The molecular weight excluding hydrogens is 196 g/mol. The van der Waals surface area contributed by atoms with Crippen molar-refractivity contribution in [1.29, 1.82) is 0 Å². The minimum atomic E-state index is 0.797. The van der Waals surface area contributed by atoms with Crippen molar-refractivity contribution in [3.63, 3.8) is 0 Å². The number of hydrogen-bond acceptors (Lipinski definition) is 4. The van der Waals surface area contributed by atoms with Gasteiger partial charge in [0.15, 0.2) is 5.16 Å². The van der Waals surface area contributed by atoms with Crippen LogP contribution < -0.4 is 5.32 Å². The van der Waals surface area contributed by atoms with Crippen LogP contribution >= 0.6 is 11.8 Å². The number of piperidine rings is 1. The Morgan fingerprint density at radius 3 is 3.29 bits per heavy atom. The fourth-order valence-corrected chi connectivity index (χ4v) is 2.69. The van der Waals surface area contributed by atoms with E-state index in [0.29, 0.717) is 0 Å². The zero-order valence-corrected chi connectivity index (χ0v) is 9.26. The third kappa shape index (κ3) is 2.48. The Balaban J connectivity index is 1.79. The van der Waals surface area contributed by atoms with Gasteiger partial charge in [0.25, 0.3) is 0 Å². The van der Waals surface area contributed by atoms with E-state index in [9.17, 15) is 0 Å². The van der Waals surface area contributed by atoms with Crippen molar-refractivity contribution in [1.82, 2.24) is 20.1 Å². The molecule has 2 rings (SSSR count). The van der Waals surface area contributed by atoms with Crippen LogP contribution in [-0.4, -0.2) is 33.6 Å². The number of aromatic nitrogens is 3. The standard InChI is InChI=1S/C9H16N4S/c1-13-7-11-12-9(13)14-6-8-3-2-4-10-5-8/h7-8,10H,2-6H2,1H3/t8-/m1/s1. The van der Waals surface area contributed by atoms with Crippen LogP contribution in [0.25, 0.3) is 0 Å². The molecule has 1 aliphatic heterocycles. The van der Waals surface area contributed by atoms with Crippen molar-refractivity contribution in [3.8, 4) is 0 Å². The zero-order chi connectivity index (χ0) is 9.80. The summed E-state index contributed by atoms with van der Waals surface area (Å²) in [6.45, 7) is 2.34. The summed E-state index contributed by atoms with van der Waals surface area (Å²) in [5.74, 6) is 1.95. The van der Waals surface area contributed by atoms with Crippen LogP contribution in [0.2, 0.25) is 0 Å². The van der Waals surface area contributed by atoms with E-state index in [1.807, 2.05) is 23.4 Å². The Kier molecular flexibility index (Phi) is 3.42. The highest BCUT2D eigenvalue weighted by Gasteiger charge is 2.14. The lowest BCUT2D eigenvalue weighted by atomic mass is 10.0. The van der Waals surface area contributed by atoms with Crippen molar-refractivity contribution < 1.29 is 0 Å². The lowest BCUT2D eigenvalue weighted by molar-refractivity contribution is 0.410. The van der Waals surface area contributed by atoms with Gasteiger partial charge < -0.3 is 9.88 Å². The summed E-state index contributed by atoms with van der Waals surface area (Å²) in [5, 5.41) is 12.4. The van der Waals surface area contributed by atoms with Gasteiger partial charge in [0.1, 0.15) is 6.33 Å². The van der Waals surface area contributed by atoms with Gasteiger partial charge in [-0.2, -0.15) is 0 Å². The Morgan fingerprint density at radius 2 is 2.64 bits per heavy atom. The van der Waals surface area contributed by atoms with E-state index in [1.165, 1.54) is 19.4 Å². The zero-order valence-electron chi connectivity index (χ0n) is 8.44. The van der Waals surface area contributed by atoms with Gasteiger partial charge in [0, 0.05) is 12.8 Å². The van der Waals surface area contributed by atoms with E-state index in [2.05, 4.69) is 15.5 Å². The van der Waals surface area contributed by atoms with E-state index in [0.717, 1.165) is 23.4 Å². The quantitative estimate of drug-likeness (QED) is 0.756. The largest absolute Gasteiger partial charge is 0.316 e. The summed E-state index contributed by atoms with van der Waals surface area (Å²) in [5.41, 5.74) is 0. The van der Waals surface area contributed by atoms with E-state index >= 15 is 0 Å². The molecule has 78 valence electrons. The minimum Gasteiger partial charge on any atom is -0.316 e. The molecule has 4 nitrogen and oxygen atoms in total. The molecular formula is C9H16N4S. The van der Waals surface area contributed by atoms with Crippen LogP contribution in [0.1, 0.15) is 12.8 Å². The summed E-state index contributed by atoms with van der Waals surface area (Å²) in [6.07, 6.45) is 4.41. The van der Waals surface area contributed by atoms with Crippen molar-refractivity contribution in [2.24, 2.45) is 13.0 Å². The average molecular weight is 212 g/mol. The topological polar surface area (TPSA) is 42.7 Å². The molecule has 1 saturated heterocycles. The summed E-state index contributed by atoms with van der Waals surface area (Å²) in [7, 11) is 1.99. The number of aryl methyl sites for hydroxylation is 1. The van der Waals surface area contributed by atoms with Crippen molar-refractivity contribution in [3.05, 3.63) is 6.33 Å². The van der Waals surface area contributed by atoms with Crippen LogP contribution in [0.3, 0.4) is 0 Å². The lowest BCUT2D eigenvalue weighted by Crippen LogP contribution is -2.30. The smallest absolute Gasteiger partial charge is 0.190 e. The number of thioether (sulfide) groups is 1. The molecule has 0 aromatic carbocycles. The normalized spacial score (nSPS) is 22.5. The van der Waals surface area contributed by atoms with Gasteiger partial charge in [-0.15, -0.1) is 10.2 Å². The van der Waals surface area contributed by atoms with Crippen molar-refractivity contribution in [2.45, 2.75) is 18.0 Å². The Hall–Kier alpha value is -0.550. The molecule has 0 spiro atoms. The molecule has 0 aliphatic carbocycles. The monoisotopic (exact) mass is 212 g/mol. The fraction of sp³-hybridized carbons (Fsp3) is 0.778. The first-order valence-corrected chi connectivity index (χ1v) is 6.02. The first-order valence-electron chi connectivity index (χ1n) is 5.04. The fourth-order valence-electron chi connectivity index (χ4n) is 1.66.